The second-order valence-electron chi connectivity index (χ2n) is 7.22. The summed E-state index contributed by atoms with van der Waals surface area (Å²) in [6.45, 7) is 1.65. The molecule has 2 unspecified atom stereocenters. The van der Waals surface area contributed by atoms with Crippen LogP contribution in [0.4, 0.5) is 13.2 Å². The normalized spacial score (nSPS) is 13.6. The lowest BCUT2D eigenvalue weighted by Gasteiger charge is -2.15. The Labute approximate surface area is 184 Å². The van der Waals surface area contributed by atoms with Gasteiger partial charge >= 0.3 is 6.18 Å². The number of carbonyl (C=O) groups excluding carboxylic acids is 1. The van der Waals surface area contributed by atoms with Gasteiger partial charge in [-0.05, 0) is 25.1 Å². The van der Waals surface area contributed by atoms with E-state index in [0.717, 1.165) is 16.8 Å². The highest BCUT2D eigenvalue weighted by Crippen LogP contribution is 2.30. The fraction of sp³-hybridized carbons (Fsp3) is 0.300. The van der Waals surface area contributed by atoms with Crippen LogP contribution in [0.25, 0.3) is 16.9 Å². The quantitative estimate of drug-likeness (QED) is 0.560. The van der Waals surface area contributed by atoms with Crippen LogP contribution in [0, 0.1) is 0 Å². The summed E-state index contributed by atoms with van der Waals surface area (Å²) < 4.78 is 52.5. The first-order chi connectivity index (χ1) is 15.0. The summed E-state index contributed by atoms with van der Waals surface area (Å²) in [5, 5.41) is 10.8. The smallest absolute Gasteiger partial charge is 0.416 e. The number of carbonyl (C=O) groups is 1. The number of benzene rings is 1. The molecule has 0 aliphatic heterocycles. The molecular weight excluding hydrogens is 447 g/mol. The Balaban J connectivity index is 2.09. The van der Waals surface area contributed by atoms with E-state index in [1.54, 1.807) is 14.0 Å². The predicted molar refractivity (Wildman–Crippen MR) is 113 cm³/mol. The average Bonchev–Trinajstić information content (AvgIpc) is 3.13. The van der Waals surface area contributed by atoms with Crippen LogP contribution in [0.5, 0.6) is 0 Å². The summed E-state index contributed by atoms with van der Waals surface area (Å²) in [6, 6.07) is 4.98. The zero-order chi connectivity index (χ0) is 23.6. The van der Waals surface area contributed by atoms with Gasteiger partial charge in [0.1, 0.15) is 17.0 Å². The number of hydrogen-bond acceptors (Lipinski definition) is 5. The first-order valence-electron chi connectivity index (χ1n) is 9.37. The van der Waals surface area contributed by atoms with E-state index in [0.29, 0.717) is 0 Å². The molecule has 0 aliphatic carbocycles. The molecule has 3 aromatic rings. The average molecular weight is 467 g/mol. The third kappa shape index (κ3) is 5.37. The van der Waals surface area contributed by atoms with Crippen molar-refractivity contribution in [2.24, 2.45) is 7.05 Å². The molecule has 0 aliphatic rings. The van der Waals surface area contributed by atoms with E-state index in [9.17, 15) is 27.3 Å². The molecule has 1 N–H and O–H groups in total. The zero-order valence-corrected chi connectivity index (χ0v) is 18.2. The molecular formula is C20H20F3N5O3S. The van der Waals surface area contributed by atoms with Gasteiger partial charge in [0.2, 0.25) is 0 Å². The second kappa shape index (κ2) is 9.17. The van der Waals surface area contributed by atoms with E-state index in [1.165, 1.54) is 41.5 Å². The van der Waals surface area contributed by atoms with Crippen LogP contribution in [-0.4, -0.2) is 48.1 Å². The Morgan fingerprint density at radius 2 is 1.94 bits per heavy atom. The van der Waals surface area contributed by atoms with E-state index in [4.69, 9.17) is 0 Å². The number of nitrogens with zero attached hydrogens (tertiary/aromatic N) is 4. The van der Waals surface area contributed by atoms with E-state index >= 15 is 0 Å². The van der Waals surface area contributed by atoms with Crippen LogP contribution < -0.4 is 10.9 Å². The van der Waals surface area contributed by atoms with Crippen molar-refractivity contribution in [3.63, 3.8) is 0 Å². The molecule has 2 aromatic heterocycles. The van der Waals surface area contributed by atoms with Crippen molar-refractivity contribution in [3.05, 3.63) is 64.2 Å². The molecule has 0 radical (unpaired) electrons. The number of hydrogen-bond donors (Lipinski definition) is 1. The maximum atomic E-state index is 13.0. The first kappa shape index (κ1) is 23.5. The molecule has 32 heavy (non-hydrogen) atoms. The third-order valence-corrected chi connectivity index (χ3v) is 5.43. The molecule has 8 nitrogen and oxygen atoms in total. The molecule has 170 valence electrons. The van der Waals surface area contributed by atoms with E-state index in [2.05, 4.69) is 15.5 Å². The maximum Gasteiger partial charge on any atom is 0.416 e. The summed E-state index contributed by atoms with van der Waals surface area (Å²) in [5.41, 5.74) is -1.13. The van der Waals surface area contributed by atoms with E-state index in [1.807, 2.05) is 0 Å². The molecule has 1 aromatic carbocycles. The van der Waals surface area contributed by atoms with Crippen LogP contribution >= 0.6 is 0 Å². The van der Waals surface area contributed by atoms with Gasteiger partial charge in [0.05, 0.1) is 35.9 Å². The maximum absolute atomic E-state index is 13.0. The fourth-order valence-electron chi connectivity index (χ4n) is 3.02. The van der Waals surface area contributed by atoms with E-state index < -0.39 is 40.4 Å². The Morgan fingerprint density at radius 3 is 2.47 bits per heavy atom. The third-order valence-electron chi connectivity index (χ3n) is 4.46. The minimum Gasteiger partial charge on any atom is -0.616 e. The van der Waals surface area contributed by atoms with Gasteiger partial charge in [0.25, 0.3) is 11.5 Å². The lowest BCUT2D eigenvalue weighted by Crippen LogP contribution is -2.40. The van der Waals surface area contributed by atoms with Gasteiger partial charge in [-0.15, -0.1) is 0 Å². The number of halogens is 3. The lowest BCUT2D eigenvalue weighted by atomic mass is 10.1. The molecule has 0 saturated heterocycles. The summed E-state index contributed by atoms with van der Waals surface area (Å²) in [5.74, 6) is -0.513. The summed E-state index contributed by atoms with van der Waals surface area (Å²) in [7, 11) is 1.63. The highest BCUT2D eigenvalue weighted by atomic mass is 32.2. The fourth-order valence-corrected chi connectivity index (χ4v) is 3.80. The first-order valence-corrected chi connectivity index (χ1v) is 11.1. The van der Waals surface area contributed by atoms with Gasteiger partial charge in [-0.1, -0.05) is 23.3 Å². The molecule has 0 bridgehead atoms. The number of amides is 1. The number of rotatable bonds is 6. The van der Waals surface area contributed by atoms with Crippen LogP contribution in [0.3, 0.4) is 0 Å². The Kier molecular flexibility index (Phi) is 6.74. The molecule has 12 heteroatoms. The monoisotopic (exact) mass is 467 g/mol. The molecule has 2 heterocycles. The highest BCUT2D eigenvalue weighted by Gasteiger charge is 2.30. The van der Waals surface area contributed by atoms with Crippen molar-refractivity contribution >= 4 is 17.1 Å². The Hall–Kier alpha value is -3.12. The minimum atomic E-state index is -4.50. The van der Waals surface area contributed by atoms with Crippen molar-refractivity contribution in [1.29, 1.82) is 0 Å². The van der Waals surface area contributed by atoms with Crippen molar-refractivity contribution in [2.75, 3.05) is 12.0 Å². The standard InChI is InChI=1S/C20H20F3N5O3S/c1-12(11-32(3)31)25-18(29)16-8-17(13-4-6-14(7-5-13)20(21,22)23)26-28(19(16)30)15-9-24-27(2)10-15/h4-10,12H,11H2,1-3H3,(H,25,29). The topological polar surface area (TPSA) is 105 Å². The van der Waals surface area contributed by atoms with Gasteiger partial charge in [0, 0.05) is 12.6 Å². The SMILES string of the molecule is CC(C[S+](C)[O-])NC(=O)c1cc(-c2ccc(C(F)(F)F)cc2)nn(-c2cnn(C)c2)c1=O. The zero-order valence-electron chi connectivity index (χ0n) is 17.4. The molecule has 0 fully saturated rings. The highest BCUT2D eigenvalue weighted by molar-refractivity contribution is 7.90. The molecule has 1 amide bonds. The van der Waals surface area contributed by atoms with Gasteiger partial charge in [-0.25, -0.2) is 0 Å². The predicted octanol–water partition coefficient (Wildman–Crippen LogP) is 2.15. The molecule has 2 atom stereocenters. The summed E-state index contributed by atoms with van der Waals surface area (Å²) in [4.78, 5) is 25.8. The minimum absolute atomic E-state index is 0.124. The Bertz CT molecular complexity index is 1170. The van der Waals surface area contributed by atoms with Gasteiger partial charge < -0.3 is 9.87 Å². The largest absolute Gasteiger partial charge is 0.616 e. The van der Waals surface area contributed by atoms with Crippen molar-refractivity contribution in [2.45, 2.75) is 19.1 Å². The van der Waals surface area contributed by atoms with Crippen molar-refractivity contribution < 1.29 is 22.5 Å². The van der Waals surface area contributed by atoms with Crippen LogP contribution in [0.15, 0.2) is 47.5 Å². The van der Waals surface area contributed by atoms with Gasteiger partial charge in [0.15, 0.2) is 0 Å². The second-order valence-corrected chi connectivity index (χ2v) is 8.70. The Morgan fingerprint density at radius 1 is 1.28 bits per heavy atom. The van der Waals surface area contributed by atoms with Gasteiger partial charge in [-0.3, -0.25) is 14.3 Å². The molecule has 0 spiro atoms. The number of alkyl halides is 3. The summed E-state index contributed by atoms with van der Waals surface area (Å²) >= 11 is -1.16. The van der Waals surface area contributed by atoms with Crippen LogP contribution in [0.2, 0.25) is 0 Å². The van der Waals surface area contributed by atoms with Crippen LogP contribution in [0.1, 0.15) is 22.8 Å². The van der Waals surface area contributed by atoms with Crippen molar-refractivity contribution in [1.82, 2.24) is 24.9 Å². The van der Waals surface area contributed by atoms with Crippen LogP contribution in [-0.2, 0) is 24.4 Å². The summed E-state index contributed by atoms with van der Waals surface area (Å²) in [6.07, 6.45) is -0.126. The van der Waals surface area contributed by atoms with E-state index in [-0.39, 0.29) is 28.3 Å². The molecule has 3 rings (SSSR count). The number of aryl methyl sites for hydroxylation is 1. The number of aromatic nitrogens is 4. The molecule has 0 saturated carbocycles. The number of nitrogens with one attached hydrogen (secondary N) is 1. The van der Waals surface area contributed by atoms with Gasteiger partial charge in [-0.2, -0.15) is 28.1 Å². The lowest BCUT2D eigenvalue weighted by molar-refractivity contribution is -0.137. The van der Waals surface area contributed by atoms with Crippen molar-refractivity contribution in [3.8, 4) is 16.9 Å².